The lowest BCUT2D eigenvalue weighted by atomic mass is 9.97. The zero-order chi connectivity index (χ0) is 19.7. The zero-order valence-electron chi connectivity index (χ0n) is 15.8. The Morgan fingerprint density at radius 1 is 1.21 bits per heavy atom. The number of nitrogens with one attached hydrogen (secondary N) is 1. The van der Waals surface area contributed by atoms with E-state index in [1.165, 1.54) is 5.56 Å². The van der Waals surface area contributed by atoms with Gasteiger partial charge in [-0.15, -0.1) is 0 Å². The van der Waals surface area contributed by atoms with Crippen molar-refractivity contribution in [2.45, 2.75) is 50.7 Å². The number of fused-ring (bicyclic) bond motifs is 1. The van der Waals surface area contributed by atoms with Gasteiger partial charge in [-0.1, -0.05) is 24.3 Å². The number of likely N-dealkylation sites (tertiary alicyclic amines) is 1. The molecule has 0 unspecified atom stereocenters. The molecule has 4 rings (SSSR count). The maximum atomic E-state index is 12.7. The summed E-state index contributed by atoms with van der Waals surface area (Å²) >= 11 is 0. The minimum atomic E-state index is -0.624. The molecular formula is C21H24N4O3. The maximum absolute atomic E-state index is 12.7. The van der Waals surface area contributed by atoms with E-state index < -0.39 is 18.0 Å². The molecule has 0 radical (unpaired) electrons. The predicted molar refractivity (Wildman–Crippen MR) is 101 cm³/mol. The number of rotatable bonds is 3. The van der Waals surface area contributed by atoms with Gasteiger partial charge in [0.05, 0.1) is 6.07 Å². The standard InChI is InChI=1S/C21H24N4O3/c22-12-17-6-3-8-25(17)21(28)18-10-16(20(27)23-18)11-19(26)24-9-7-14-4-1-2-5-15(14)13-24/h1-2,4-5,16-18H,3,6-11,13H2,(H,23,27)/t16-,17-,18-/m0/s1. The van der Waals surface area contributed by atoms with Gasteiger partial charge in [0.2, 0.25) is 17.7 Å². The molecule has 3 aliphatic heterocycles. The van der Waals surface area contributed by atoms with Gasteiger partial charge >= 0.3 is 0 Å². The minimum Gasteiger partial charge on any atom is -0.344 e. The smallest absolute Gasteiger partial charge is 0.246 e. The van der Waals surface area contributed by atoms with Crippen LogP contribution in [0.25, 0.3) is 0 Å². The van der Waals surface area contributed by atoms with E-state index >= 15 is 0 Å². The Morgan fingerprint density at radius 2 is 2.00 bits per heavy atom. The summed E-state index contributed by atoms with van der Waals surface area (Å²) in [5, 5.41) is 11.9. The van der Waals surface area contributed by atoms with Gasteiger partial charge in [0.25, 0.3) is 0 Å². The number of carbonyl (C=O) groups is 3. The van der Waals surface area contributed by atoms with E-state index in [9.17, 15) is 19.6 Å². The highest BCUT2D eigenvalue weighted by Crippen LogP contribution is 2.26. The monoisotopic (exact) mass is 380 g/mol. The Kier molecular flexibility index (Phi) is 5.03. The topological polar surface area (TPSA) is 93.5 Å². The lowest BCUT2D eigenvalue weighted by Gasteiger charge is -2.29. The summed E-state index contributed by atoms with van der Waals surface area (Å²) in [6.07, 6.45) is 2.76. The van der Waals surface area contributed by atoms with E-state index in [2.05, 4.69) is 17.5 Å². The molecule has 3 atom stereocenters. The second-order valence-corrected chi connectivity index (χ2v) is 7.85. The first-order valence-electron chi connectivity index (χ1n) is 9.92. The molecule has 7 heteroatoms. The van der Waals surface area contributed by atoms with E-state index in [0.29, 0.717) is 32.5 Å². The molecule has 2 saturated heterocycles. The van der Waals surface area contributed by atoms with Crippen molar-refractivity contribution in [3.05, 3.63) is 35.4 Å². The largest absolute Gasteiger partial charge is 0.344 e. The lowest BCUT2D eigenvalue weighted by molar-refractivity contribution is -0.136. The Balaban J connectivity index is 1.35. The molecule has 3 amide bonds. The third-order valence-corrected chi connectivity index (χ3v) is 6.09. The first-order chi connectivity index (χ1) is 13.6. The molecule has 3 heterocycles. The van der Waals surface area contributed by atoms with Crippen LogP contribution in [0.4, 0.5) is 0 Å². The average Bonchev–Trinajstić information content (AvgIpc) is 3.33. The van der Waals surface area contributed by atoms with Crippen LogP contribution in [-0.4, -0.2) is 52.7 Å². The van der Waals surface area contributed by atoms with Crippen molar-refractivity contribution in [1.29, 1.82) is 5.26 Å². The Labute approximate surface area is 164 Å². The summed E-state index contributed by atoms with van der Waals surface area (Å²) in [5.74, 6) is -0.961. The van der Waals surface area contributed by atoms with Gasteiger partial charge in [-0.2, -0.15) is 5.26 Å². The van der Waals surface area contributed by atoms with Gasteiger partial charge in [0.15, 0.2) is 0 Å². The van der Waals surface area contributed by atoms with Crippen LogP contribution >= 0.6 is 0 Å². The third-order valence-electron chi connectivity index (χ3n) is 6.09. The van der Waals surface area contributed by atoms with Crippen LogP contribution in [-0.2, 0) is 27.3 Å². The fraction of sp³-hybridized carbons (Fsp3) is 0.524. The fourth-order valence-corrected chi connectivity index (χ4v) is 4.49. The normalized spacial score (nSPS) is 26.5. The number of carbonyl (C=O) groups excluding carboxylic acids is 3. The summed E-state index contributed by atoms with van der Waals surface area (Å²) in [4.78, 5) is 41.2. The SMILES string of the molecule is N#C[C@@H]1CCCN1C(=O)[C@@H]1C[C@@H](CC(=O)N2CCc3ccccc3C2)C(=O)N1. The van der Waals surface area contributed by atoms with Crippen molar-refractivity contribution in [3.63, 3.8) is 0 Å². The van der Waals surface area contributed by atoms with E-state index in [1.807, 2.05) is 18.2 Å². The average molecular weight is 380 g/mol. The summed E-state index contributed by atoms with van der Waals surface area (Å²) < 4.78 is 0. The van der Waals surface area contributed by atoms with Crippen molar-refractivity contribution >= 4 is 17.7 Å². The van der Waals surface area contributed by atoms with Crippen molar-refractivity contribution < 1.29 is 14.4 Å². The molecule has 2 fully saturated rings. The number of nitriles is 1. The van der Waals surface area contributed by atoms with Crippen LogP contribution in [0.1, 0.15) is 36.8 Å². The van der Waals surface area contributed by atoms with Crippen molar-refractivity contribution in [2.24, 2.45) is 5.92 Å². The van der Waals surface area contributed by atoms with E-state index in [4.69, 9.17) is 0 Å². The molecule has 146 valence electrons. The molecule has 28 heavy (non-hydrogen) atoms. The van der Waals surface area contributed by atoms with Crippen molar-refractivity contribution in [3.8, 4) is 6.07 Å². The lowest BCUT2D eigenvalue weighted by Crippen LogP contribution is -2.46. The second-order valence-electron chi connectivity index (χ2n) is 7.85. The first kappa shape index (κ1) is 18.5. The van der Waals surface area contributed by atoms with Gasteiger partial charge in [0, 0.05) is 32.0 Å². The molecule has 0 bridgehead atoms. The van der Waals surface area contributed by atoms with Gasteiger partial charge in [-0.25, -0.2) is 0 Å². The molecule has 0 spiro atoms. The molecule has 0 aliphatic carbocycles. The molecule has 1 aromatic rings. The van der Waals surface area contributed by atoms with Gasteiger partial charge in [-0.3, -0.25) is 14.4 Å². The molecule has 3 aliphatic rings. The number of hydrogen-bond acceptors (Lipinski definition) is 4. The first-order valence-corrected chi connectivity index (χ1v) is 9.92. The highest BCUT2D eigenvalue weighted by atomic mass is 16.2. The minimum absolute atomic E-state index is 0.0428. The highest BCUT2D eigenvalue weighted by Gasteiger charge is 2.41. The van der Waals surface area contributed by atoms with Gasteiger partial charge in [-0.05, 0) is 36.8 Å². The predicted octanol–water partition coefficient (Wildman–Crippen LogP) is 0.981. The van der Waals surface area contributed by atoms with Crippen LogP contribution in [0.5, 0.6) is 0 Å². The van der Waals surface area contributed by atoms with Crippen LogP contribution in [0.15, 0.2) is 24.3 Å². The van der Waals surface area contributed by atoms with Gasteiger partial charge in [0.1, 0.15) is 12.1 Å². The van der Waals surface area contributed by atoms with Crippen LogP contribution in [0.2, 0.25) is 0 Å². The summed E-state index contributed by atoms with van der Waals surface area (Å²) in [5.41, 5.74) is 2.43. The van der Waals surface area contributed by atoms with Crippen LogP contribution in [0, 0.1) is 17.2 Å². The molecule has 1 aromatic carbocycles. The number of benzene rings is 1. The molecular weight excluding hydrogens is 356 g/mol. The second kappa shape index (κ2) is 7.63. The Bertz CT molecular complexity index is 846. The van der Waals surface area contributed by atoms with Crippen LogP contribution < -0.4 is 5.32 Å². The summed E-state index contributed by atoms with van der Waals surface area (Å²) in [6.45, 7) is 1.79. The molecule has 0 saturated carbocycles. The number of hydrogen-bond donors (Lipinski definition) is 1. The van der Waals surface area contributed by atoms with E-state index in [0.717, 1.165) is 18.4 Å². The highest BCUT2D eigenvalue weighted by molar-refractivity contribution is 5.94. The zero-order valence-corrected chi connectivity index (χ0v) is 15.8. The maximum Gasteiger partial charge on any atom is 0.246 e. The molecule has 7 nitrogen and oxygen atoms in total. The molecule has 1 N–H and O–H groups in total. The third kappa shape index (κ3) is 3.47. The fourth-order valence-electron chi connectivity index (χ4n) is 4.49. The van der Waals surface area contributed by atoms with E-state index in [-0.39, 0.29) is 24.1 Å². The quantitative estimate of drug-likeness (QED) is 0.846. The summed E-state index contributed by atoms with van der Waals surface area (Å²) in [7, 11) is 0. The van der Waals surface area contributed by atoms with E-state index in [1.54, 1.807) is 9.80 Å². The van der Waals surface area contributed by atoms with Crippen LogP contribution in [0.3, 0.4) is 0 Å². The van der Waals surface area contributed by atoms with Gasteiger partial charge < -0.3 is 15.1 Å². The number of nitrogens with zero attached hydrogens (tertiary/aromatic N) is 3. The molecule has 0 aromatic heterocycles. The van der Waals surface area contributed by atoms with Crippen molar-refractivity contribution in [1.82, 2.24) is 15.1 Å². The number of amides is 3. The Hall–Kier alpha value is -2.88. The summed E-state index contributed by atoms with van der Waals surface area (Å²) in [6, 6.07) is 9.23. The Morgan fingerprint density at radius 3 is 2.79 bits per heavy atom. The van der Waals surface area contributed by atoms with Crippen molar-refractivity contribution in [2.75, 3.05) is 13.1 Å².